The van der Waals surface area contributed by atoms with Gasteiger partial charge in [0.1, 0.15) is 5.60 Å². The molecule has 2 aliphatic rings. The van der Waals surface area contributed by atoms with E-state index in [-0.39, 0.29) is 5.60 Å². The molecule has 3 heterocycles. The summed E-state index contributed by atoms with van der Waals surface area (Å²) in [6, 6.07) is 2.22. The monoisotopic (exact) mass is 310 g/mol. The molecular formula is C16H26N2O2S. The number of rotatable bonds is 4. The van der Waals surface area contributed by atoms with Gasteiger partial charge in [-0.1, -0.05) is 0 Å². The van der Waals surface area contributed by atoms with Crippen LogP contribution < -0.4 is 0 Å². The van der Waals surface area contributed by atoms with Gasteiger partial charge in [-0.15, -0.1) is 0 Å². The van der Waals surface area contributed by atoms with Crippen LogP contribution >= 0.6 is 11.3 Å². The summed E-state index contributed by atoms with van der Waals surface area (Å²) in [7, 11) is 4.27. The lowest BCUT2D eigenvalue weighted by Crippen LogP contribution is -2.44. The lowest BCUT2D eigenvalue weighted by atomic mass is 9.94. The molecule has 0 radical (unpaired) electrons. The van der Waals surface area contributed by atoms with Crippen LogP contribution in [0.25, 0.3) is 0 Å². The molecule has 4 nitrogen and oxygen atoms in total. The fourth-order valence-electron chi connectivity index (χ4n) is 3.54. The van der Waals surface area contributed by atoms with E-state index < -0.39 is 0 Å². The molecule has 0 saturated carbocycles. The Kier molecular flexibility index (Phi) is 4.96. The van der Waals surface area contributed by atoms with E-state index in [1.165, 1.54) is 5.56 Å². The summed E-state index contributed by atoms with van der Waals surface area (Å²) >= 11 is 1.77. The van der Waals surface area contributed by atoms with Gasteiger partial charge in [0.25, 0.3) is 0 Å². The first-order chi connectivity index (χ1) is 10.2. The zero-order valence-electron chi connectivity index (χ0n) is 13.1. The van der Waals surface area contributed by atoms with Crippen molar-refractivity contribution in [1.29, 1.82) is 0 Å². The third-order valence-corrected chi connectivity index (χ3v) is 5.06. The summed E-state index contributed by atoms with van der Waals surface area (Å²) in [5.74, 6) is 0.629. The average Bonchev–Trinajstić information content (AvgIpc) is 3.00. The average molecular weight is 310 g/mol. The van der Waals surface area contributed by atoms with Crippen LogP contribution in [0.2, 0.25) is 0 Å². The Labute approximate surface area is 131 Å². The van der Waals surface area contributed by atoms with Crippen LogP contribution in [0.4, 0.5) is 0 Å². The minimum atomic E-state index is -0.0901. The van der Waals surface area contributed by atoms with E-state index >= 15 is 0 Å². The van der Waals surface area contributed by atoms with Crippen molar-refractivity contribution in [3.8, 4) is 0 Å². The highest BCUT2D eigenvalue weighted by Crippen LogP contribution is 2.33. The van der Waals surface area contributed by atoms with Crippen molar-refractivity contribution in [2.45, 2.75) is 18.6 Å². The van der Waals surface area contributed by atoms with Crippen molar-refractivity contribution in [1.82, 2.24) is 9.80 Å². The van der Waals surface area contributed by atoms with E-state index in [1.807, 2.05) is 0 Å². The second-order valence-corrected chi connectivity index (χ2v) is 7.50. The molecule has 0 unspecified atom stereocenters. The summed E-state index contributed by atoms with van der Waals surface area (Å²) < 4.78 is 12.1. The minimum absolute atomic E-state index is 0.0901. The van der Waals surface area contributed by atoms with Gasteiger partial charge < -0.3 is 14.4 Å². The lowest BCUT2D eigenvalue weighted by Gasteiger charge is -2.31. The molecule has 0 aliphatic carbocycles. The molecule has 2 saturated heterocycles. The Bertz CT molecular complexity index is 437. The van der Waals surface area contributed by atoms with Gasteiger partial charge in [0, 0.05) is 26.2 Å². The fraction of sp³-hybridized carbons (Fsp3) is 0.750. The zero-order chi connectivity index (χ0) is 14.7. The highest BCUT2D eigenvalue weighted by Gasteiger charge is 2.43. The molecular weight excluding hydrogens is 284 g/mol. The molecule has 3 rings (SSSR count). The van der Waals surface area contributed by atoms with Crippen LogP contribution in [-0.2, 0) is 16.0 Å². The van der Waals surface area contributed by atoms with E-state index in [1.54, 1.807) is 11.3 Å². The number of nitrogens with zero attached hydrogens (tertiary/aromatic N) is 2. The van der Waals surface area contributed by atoms with Crippen LogP contribution in [0.1, 0.15) is 12.0 Å². The van der Waals surface area contributed by atoms with Crippen LogP contribution in [0.3, 0.4) is 0 Å². The molecule has 2 atom stereocenters. The number of hydrogen-bond donors (Lipinski definition) is 0. The third kappa shape index (κ3) is 4.05. The predicted octanol–water partition coefficient (Wildman–Crippen LogP) is 1.92. The predicted molar refractivity (Wildman–Crippen MR) is 85.8 cm³/mol. The van der Waals surface area contributed by atoms with Gasteiger partial charge in [-0.2, -0.15) is 11.3 Å². The van der Waals surface area contributed by atoms with Crippen LogP contribution in [-0.4, -0.2) is 69.0 Å². The molecule has 1 aromatic heterocycles. The maximum atomic E-state index is 6.23. The molecule has 0 amide bonds. The zero-order valence-corrected chi connectivity index (χ0v) is 13.9. The minimum Gasteiger partial charge on any atom is -0.377 e. The van der Waals surface area contributed by atoms with E-state index in [9.17, 15) is 0 Å². The van der Waals surface area contributed by atoms with Crippen LogP contribution in [0.15, 0.2) is 16.8 Å². The van der Waals surface area contributed by atoms with Crippen LogP contribution in [0.5, 0.6) is 0 Å². The largest absolute Gasteiger partial charge is 0.377 e. The standard InChI is InChI=1S/C16H26N2O2S/c1-17(2)8-15-7-16(20-10-15)12-18(4-5-19-13-16)9-14-3-6-21-11-14/h3,6,11,15H,4-5,7-10,12-13H2,1-2H3/t15-,16-/m1/s1. The van der Waals surface area contributed by atoms with Gasteiger partial charge in [0.15, 0.2) is 0 Å². The second kappa shape index (κ2) is 6.75. The van der Waals surface area contributed by atoms with Crippen LogP contribution in [0, 0.1) is 5.92 Å². The maximum Gasteiger partial charge on any atom is 0.104 e. The molecule has 118 valence electrons. The maximum absolute atomic E-state index is 6.23. The molecule has 21 heavy (non-hydrogen) atoms. The first-order valence-corrected chi connectivity index (χ1v) is 8.69. The number of thiophene rings is 1. The van der Waals surface area contributed by atoms with E-state index in [0.29, 0.717) is 5.92 Å². The summed E-state index contributed by atoms with van der Waals surface area (Å²) in [5, 5.41) is 4.39. The highest BCUT2D eigenvalue weighted by atomic mass is 32.1. The van der Waals surface area contributed by atoms with Gasteiger partial charge in [0.2, 0.25) is 0 Å². The Morgan fingerprint density at radius 1 is 1.48 bits per heavy atom. The van der Waals surface area contributed by atoms with Gasteiger partial charge in [0.05, 0.1) is 19.8 Å². The van der Waals surface area contributed by atoms with Gasteiger partial charge >= 0.3 is 0 Å². The molecule has 2 aliphatic heterocycles. The molecule has 0 aromatic carbocycles. The normalized spacial score (nSPS) is 31.1. The van der Waals surface area contributed by atoms with Crippen molar-refractivity contribution >= 4 is 11.3 Å². The van der Waals surface area contributed by atoms with Crippen molar-refractivity contribution in [3.05, 3.63) is 22.4 Å². The third-order valence-electron chi connectivity index (χ3n) is 4.32. The van der Waals surface area contributed by atoms with E-state index in [4.69, 9.17) is 9.47 Å². The Hall–Kier alpha value is -0.460. The first kappa shape index (κ1) is 15.4. The van der Waals surface area contributed by atoms with Gasteiger partial charge in [-0.3, -0.25) is 4.90 Å². The summed E-state index contributed by atoms with van der Waals surface area (Å²) in [4.78, 5) is 4.75. The molecule has 0 N–H and O–H groups in total. The Balaban J connectivity index is 1.62. The van der Waals surface area contributed by atoms with Gasteiger partial charge in [-0.25, -0.2) is 0 Å². The summed E-state index contributed by atoms with van der Waals surface area (Å²) in [5.41, 5.74) is 1.31. The molecule has 2 fully saturated rings. The Morgan fingerprint density at radius 3 is 3.14 bits per heavy atom. The molecule has 5 heteroatoms. The highest BCUT2D eigenvalue weighted by molar-refractivity contribution is 7.07. The van der Waals surface area contributed by atoms with Crippen molar-refractivity contribution in [2.24, 2.45) is 5.92 Å². The van der Waals surface area contributed by atoms with Crippen molar-refractivity contribution in [2.75, 3.05) is 53.6 Å². The van der Waals surface area contributed by atoms with E-state index in [2.05, 4.69) is 40.7 Å². The summed E-state index contributed by atoms with van der Waals surface area (Å²) in [6.45, 7) is 6.53. The molecule has 1 spiro atoms. The molecule has 0 bridgehead atoms. The topological polar surface area (TPSA) is 24.9 Å². The molecule has 1 aromatic rings. The lowest BCUT2D eigenvalue weighted by molar-refractivity contribution is -0.0563. The fourth-order valence-corrected chi connectivity index (χ4v) is 4.20. The first-order valence-electron chi connectivity index (χ1n) is 7.75. The quantitative estimate of drug-likeness (QED) is 0.848. The smallest absolute Gasteiger partial charge is 0.104 e. The Morgan fingerprint density at radius 2 is 2.38 bits per heavy atom. The SMILES string of the molecule is CN(C)C[C@@H]1CO[C@]2(COCCN(Cc3ccsc3)C2)C1. The number of ether oxygens (including phenoxy) is 2. The van der Waals surface area contributed by atoms with Crippen molar-refractivity contribution < 1.29 is 9.47 Å². The number of hydrogen-bond acceptors (Lipinski definition) is 5. The van der Waals surface area contributed by atoms with Gasteiger partial charge in [-0.05, 0) is 48.8 Å². The van der Waals surface area contributed by atoms with E-state index in [0.717, 1.165) is 52.4 Å². The van der Waals surface area contributed by atoms with Crippen molar-refractivity contribution in [3.63, 3.8) is 0 Å². The summed E-state index contributed by atoms with van der Waals surface area (Å²) in [6.07, 6.45) is 1.12. The second-order valence-electron chi connectivity index (χ2n) is 6.72.